The molecule has 1 N–H and O–H groups in total. The van der Waals surface area contributed by atoms with Crippen LogP contribution in [0.2, 0.25) is 0 Å². The van der Waals surface area contributed by atoms with E-state index in [-0.39, 0.29) is 12.2 Å². The summed E-state index contributed by atoms with van der Waals surface area (Å²) < 4.78 is 11.1. The molecule has 0 amide bonds. The van der Waals surface area contributed by atoms with Gasteiger partial charge in [0.05, 0.1) is 11.8 Å². The standard InChI is InChI=1S/C12H17N2O3/c1-16-9-4-2-5-10(8-9)17-12-11(14-15)6-3-7-13-12/h3,6-7,9-10,14H,2,4-5,8H2,1H3/q-1/t9-,10-/m1/s1. The Morgan fingerprint density at radius 1 is 1.41 bits per heavy atom. The molecule has 0 spiro atoms. The predicted molar refractivity (Wildman–Crippen MR) is 64.9 cm³/mol. The van der Waals surface area contributed by atoms with Gasteiger partial charge in [0.15, 0.2) is 0 Å². The second-order valence-corrected chi connectivity index (χ2v) is 4.22. The van der Waals surface area contributed by atoms with E-state index in [0.29, 0.717) is 11.6 Å². The smallest absolute Gasteiger partial charge is 0.236 e. The molecule has 0 aromatic carbocycles. The molecule has 0 bridgehead atoms. The summed E-state index contributed by atoms with van der Waals surface area (Å²) in [6, 6.07) is 3.36. The van der Waals surface area contributed by atoms with Crippen molar-refractivity contribution in [1.82, 2.24) is 4.98 Å². The van der Waals surface area contributed by atoms with Gasteiger partial charge in [-0.2, -0.15) is 0 Å². The van der Waals surface area contributed by atoms with Crippen molar-refractivity contribution in [3.63, 3.8) is 0 Å². The molecule has 94 valence electrons. The van der Waals surface area contributed by atoms with Crippen molar-refractivity contribution in [2.45, 2.75) is 37.9 Å². The number of methoxy groups -OCH3 is 1. The molecule has 0 radical (unpaired) electrons. The van der Waals surface area contributed by atoms with Crippen LogP contribution in [0.25, 0.3) is 0 Å². The molecule has 1 aromatic heterocycles. The van der Waals surface area contributed by atoms with E-state index in [2.05, 4.69) is 4.98 Å². The SMILES string of the molecule is CO[C@@H]1CCC[C@@H](Oc2ncccc2N[O-])C1. The fraction of sp³-hybridized carbons (Fsp3) is 0.583. The third kappa shape index (κ3) is 3.08. The maximum Gasteiger partial charge on any atom is 0.236 e. The van der Waals surface area contributed by atoms with E-state index >= 15 is 0 Å². The highest BCUT2D eigenvalue weighted by Crippen LogP contribution is 2.27. The third-order valence-corrected chi connectivity index (χ3v) is 3.07. The van der Waals surface area contributed by atoms with E-state index in [9.17, 15) is 5.21 Å². The summed E-state index contributed by atoms with van der Waals surface area (Å²) in [6.45, 7) is 0. The summed E-state index contributed by atoms with van der Waals surface area (Å²) in [4.78, 5) is 4.07. The first-order chi connectivity index (χ1) is 8.33. The van der Waals surface area contributed by atoms with Crippen LogP contribution in [-0.2, 0) is 4.74 Å². The van der Waals surface area contributed by atoms with Crippen LogP contribution < -0.4 is 10.2 Å². The zero-order chi connectivity index (χ0) is 12.1. The molecule has 1 heterocycles. The lowest BCUT2D eigenvalue weighted by atomic mass is 9.95. The fourth-order valence-electron chi connectivity index (χ4n) is 2.14. The third-order valence-electron chi connectivity index (χ3n) is 3.07. The second-order valence-electron chi connectivity index (χ2n) is 4.22. The highest BCUT2D eigenvalue weighted by molar-refractivity contribution is 5.52. The molecule has 0 saturated heterocycles. The van der Waals surface area contributed by atoms with Crippen molar-refractivity contribution in [3.8, 4) is 5.88 Å². The van der Waals surface area contributed by atoms with E-state index in [1.54, 1.807) is 25.4 Å². The van der Waals surface area contributed by atoms with E-state index in [1.807, 2.05) is 5.48 Å². The summed E-state index contributed by atoms with van der Waals surface area (Å²) in [5.41, 5.74) is 2.22. The van der Waals surface area contributed by atoms with Crippen LogP contribution in [0, 0.1) is 5.21 Å². The van der Waals surface area contributed by atoms with Crippen LogP contribution in [0.3, 0.4) is 0 Å². The lowest BCUT2D eigenvalue weighted by molar-refractivity contribution is 0.0198. The first-order valence-electron chi connectivity index (χ1n) is 5.86. The molecule has 5 nitrogen and oxygen atoms in total. The molecular formula is C12H17N2O3-. The van der Waals surface area contributed by atoms with Gasteiger partial charge in [-0.25, -0.2) is 4.98 Å². The zero-order valence-corrected chi connectivity index (χ0v) is 9.89. The van der Waals surface area contributed by atoms with Crippen molar-refractivity contribution >= 4 is 5.69 Å². The number of rotatable bonds is 4. The van der Waals surface area contributed by atoms with E-state index in [4.69, 9.17) is 9.47 Å². The number of pyridine rings is 1. The van der Waals surface area contributed by atoms with Crippen LogP contribution >= 0.6 is 0 Å². The van der Waals surface area contributed by atoms with Crippen LogP contribution in [0.4, 0.5) is 5.69 Å². The fourth-order valence-corrected chi connectivity index (χ4v) is 2.14. The van der Waals surface area contributed by atoms with Crippen molar-refractivity contribution in [1.29, 1.82) is 0 Å². The number of aromatic nitrogens is 1. The number of anilines is 1. The Kier molecular flexibility index (Phi) is 4.17. The van der Waals surface area contributed by atoms with Gasteiger partial charge in [-0.15, -0.1) is 0 Å². The Labute approximate surface area is 101 Å². The summed E-state index contributed by atoms with van der Waals surface area (Å²) in [5, 5.41) is 10.7. The lowest BCUT2D eigenvalue weighted by Gasteiger charge is -2.29. The summed E-state index contributed by atoms with van der Waals surface area (Å²) in [7, 11) is 1.72. The van der Waals surface area contributed by atoms with Crippen molar-refractivity contribution in [2.75, 3.05) is 12.6 Å². The molecule has 2 rings (SSSR count). The molecular weight excluding hydrogens is 220 g/mol. The van der Waals surface area contributed by atoms with Crippen LogP contribution in [0.1, 0.15) is 25.7 Å². The van der Waals surface area contributed by atoms with Crippen LogP contribution in [-0.4, -0.2) is 24.3 Å². The van der Waals surface area contributed by atoms with Crippen LogP contribution in [0.5, 0.6) is 5.88 Å². The van der Waals surface area contributed by atoms with Gasteiger partial charge in [0.2, 0.25) is 5.88 Å². The quantitative estimate of drug-likeness (QED) is 0.814. The normalized spacial score (nSPS) is 24.4. The minimum atomic E-state index is 0.0794. The first-order valence-corrected chi connectivity index (χ1v) is 5.86. The zero-order valence-electron chi connectivity index (χ0n) is 9.89. The monoisotopic (exact) mass is 237 g/mol. The first kappa shape index (κ1) is 12.1. The Morgan fingerprint density at radius 2 is 2.24 bits per heavy atom. The summed E-state index contributed by atoms with van der Waals surface area (Å²) in [6.07, 6.45) is 5.94. The molecule has 17 heavy (non-hydrogen) atoms. The Balaban J connectivity index is 2.00. The second kappa shape index (κ2) is 5.84. The molecule has 1 aromatic rings. The number of nitrogens with one attached hydrogen (secondary N) is 1. The highest BCUT2D eigenvalue weighted by Gasteiger charge is 2.23. The van der Waals surface area contributed by atoms with Gasteiger partial charge in [0.1, 0.15) is 6.10 Å². The topological polar surface area (TPSA) is 66.4 Å². The summed E-state index contributed by atoms with van der Waals surface area (Å²) >= 11 is 0. The highest BCUT2D eigenvalue weighted by atomic mass is 16.5. The Hall–Kier alpha value is -1.33. The maximum atomic E-state index is 10.7. The van der Waals surface area contributed by atoms with Gasteiger partial charge in [-0.1, -0.05) is 0 Å². The Bertz CT molecular complexity index is 359. The van der Waals surface area contributed by atoms with Crippen molar-refractivity contribution in [3.05, 3.63) is 23.5 Å². The van der Waals surface area contributed by atoms with Gasteiger partial charge >= 0.3 is 0 Å². The van der Waals surface area contributed by atoms with Gasteiger partial charge in [-0.05, 0) is 31.4 Å². The number of hydrogen-bond acceptors (Lipinski definition) is 5. The molecule has 1 aliphatic rings. The molecule has 5 heteroatoms. The molecule has 0 unspecified atom stereocenters. The Morgan fingerprint density at radius 3 is 3.00 bits per heavy atom. The lowest BCUT2D eigenvalue weighted by Crippen LogP contribution is -2.29. The number of hydrogen-bond donors (Lipinski definition) is 1. The van der Waals surface area contributed by atoms with E-state index in [1.165, 1.54) is 0 Å². The molecule has 1 fully saturated rings. The van der Waals surface area contributed by atoms with Gasteiger partial charge in [0, 0.05) is 19.7 Å². The minimum absolute atomic E-state index is 0.0794. The van der Waals surface area contributed by atoms with Crippen molar-refractivity contribution < 1.29 is 9.47 Å². The maximum absolute atomic E-state index is 10.7. The van der Waals surface area contributed by atoms with Gasteiger partial charge in [-0.3, -0.25) is 0 Å². The van der Waals surface area contributed by atoms with Crippen LogP contribution in [0.15, 0.2) is 18.3 Å². The largest absolute Gasteiger partial charge is 0.761 e. The summed E-state index contributed by atoms with van der Waals surface area (Å²) in [5.74, 6) is 0.379. The number of nitrogens with zero attached hydrogens (tertiary/aromatic N) is 1. The van der Waals surface area contributed by atoms with Crippen molar-refractivity contribution in [2.24, 2.45) is 0 Å². The molecule has 1 saturated carbocycles. The molecule has 0 aliphatic heterocycles. The van der Waals surface area contributed by atoms with E-state index in [0.717, 1.165) is 25.7 Å². The molecule has 1 aliphatic carbocycles. The van der Waals surface area contributed by atoms with Gasteiger partial charge in [0.25, 0.3) is 0 Å². The van der Waals surface area contributed by atoms with E-state index < -0.39 is 0 Å². The number of ether oxygens (including phenoxy) is 2. The average molecular weight is 237 g/mol. The average Bonchev–Trinajstić information content (AvgIpc) is 2.39. The van der Waals surface area contributed by atoms with Gasteiger partial charge < -0.3 is 20.2 Å². The molecule has 2 atom stereocenters. The predicted octanol–water partition coefficient (Wildman–Crippen LogP) is 2.33. The minimum Gasteiger partial charge on any atom is -0.761 e.